The van der Waals surface area contributed by atoms with Crippen molar-refractivity contribution in [2.75, 3.05) is 31.1 Å². The third kappa shape index (κ3) is 3.20. The second kappa shape index (κ2) is 6.67. The standard InChI is InChI=1S/C19H18FN3O3/c20-14-6-4-13(5-7-14)12-17(24)23-10-8-22(9-11-23)16-3-1-2-15-18(16)26-19(25)21-15/h1-7H,8-12H2,(H,21,25). The average Bonchev–Trinajstić information content (AvgIpc) is 3.04. The van der Waals surface area contributed by atoms with Gasteiger partial charge in [-0.3, -0.25) is 9.78 Å². The van der Waals surface area contributed by atoms with E-state index in [1.807, 2.05) is 17.0 Å². The van der Waals surface area contributed by atoms with Crippen molar-refractivity contribution in [2.24, 2.45) is 0 Å². The molecule has 1 aliphatic rings. The van der Waals surface area contributed by atoms with Crippen LogP contribution >= 0.6 is 0 Å². The van der Waals surface area contributed by atoms with E-state index in [0.717, 1.165) is 11.3 Å². The molecule has 6 nitrogen and oxygen atoms in total. The van der Waals surface area contributed by atoms with Gasteiger partial charge in [-0.05, 0) is 29.8 Å². The molecule has 3 aromatic rings. The number of aromatic amines is 1. The summed E-state index contributed by atoms with van der Waals surface area (Å²) >= 11 is 0. The summed E-state index contributed by atoms with van der Waals surface area (Å²) < 4.78 is 18.2. The molecule has 0 aliphatic carbocycles. The number of nitrogens with zero attached hydrogens (tertiary/aromatic N) is 2. The van der Waals surface area contributed by atoms with E-state index < -0.39 is 5.76 Å². The lowest BCUT2D eigenvalue weighted by molar-refractivity contribution is -0.130. The van der Waals surface area contributed by atoms with E-state index in [2.05, 4.69) is 9.88 Å². The second-order valence-corrected chi connectivity index (χ2v) is 6.34. The summed E-state index contributed by atoms with van der Waals surface area (Å²) in [5, 5.41) is 0. The molecule has 1 saturated heterocycles. The van der Waals surface area contributed by atoms with E-state index in [4.69, 9.17) is 4.42 Å². The molecule has 0 spiro atoms. The number of amides is 1. The minimum Gasteiger partial charge on any atom is -0.406 e. The molecule has 1 fully saturated rings. The number of hydrogen-bond acceptors (Lipinski definition) is 4. The van der Waals surface area contributed by atoms with Crippen molar-refractivity contribution >= 4 is 22.7 Å². The molecular formula is C19H18FN3O3. The monoisotopic (exact) mass is 355 g/mol. The number of nitrogens with one attached hydrogen (secondary N) is 1. The molecule has 1 amide bonds. The molecule has 0 unspecified atom stereocenters. The Morgan fingerprint density at radius 2 is 1.81 bits per heavy atom. The number of carbonyl (C=O) groups is 1. The molecule has 0 atom stereocenters. The minimum atomic E-state index is -0.472. The van der Waals surface area contributed by atoms with Gasteiger partial charge in [0.15, 0.2) is 5.58 Å². The van der Waals surface area contributed by atoms with Crippen molar-refractivity contribution in [3.63, 3.8) is 0 Å². The van der Waals surface area contributed by atoms with Crippen molar-refractivity contribution in [1.29, 1.82) is 0 Å². The highest BCUT2D eigenvalue weighted by Crippen LogP contribution is 2.26. The van der Waals surface area contributed by atoms with Crippen LogP contribution in [0.1, 0.15) is 5.56 Å². The number of benzene rings is 2. The summed E-state index contributed by atoms with van der Waals surface area (Å²) in [4.78, 5) is 30.5. The first-order valence-corrected chi connectivity index (χ1v) is 8.49. The SMILES string of the molecule is O=C(Cc1ccc(F)cc1)N1CCN(c2cccc3[nH]c(=O)oc23)CC1. The third-order valence-corrected chi connectivity index (χ3v) is 4.67. The van der Waals surface area contributed by atoms with E-state index in [0.29, 0.717) is 37.3 Å². The first-order valence-electron chi connectivity index (χ1n) is 8.49. The van der Waals surface area contributed by atoms with Crippen molar-refractivity contribution in [3.8, 4) is 0 Å². The van der Waals surface area contributed by atoms with Gasteiger partial charge in [0.1, 0.15) is 5.82 Å². The van der Waals surface area contributed by atoms with Crippen LogP contribution in [-0.4, -0.2) is 42.0 Å². The Balaban J connectivity index is 1.42. The fraction of sp³-hybridized carbons (Fsp3) is 0.263. The van der Waals surface area contributed by atoms with Gasteiger partial charge in [-0.25, -0.2) is 9.18 Å². The number of oxazole rings is 1. The van der Waals surface area contributed by atoms with Crippen molar-refractivity contribution in [1.82, 2.24) is 9.88 Å². The van der Waals surface area contributed by atoms with Crippen LogP contribution < -0.4 is 10.7 Å². The molecule has 0 saturated carbocycles. The number of anilines is 1. The molecule has 26 heavy (non-hydrogen) atoms. The van der Waals surface area contributed by atoms with Gasteiger partial charge in [0.25, 0.3) is 0 Å². The molecule has 7 heteroatoms. The maximum Gasteiger partial charge on any atom is 0.417 e. The Morgan fingerprint density at radius 1 is 1.08 bits per heavy atom. The van der Waals surface area contributed by atoms with Crippen LogP contribution in [-0.2, 0) is 11.2 Å². The molecule has 0 radical (unpaired) electrons. The topological polar surface area (TPSA) is 69.6 Å². The van der Waals surface area contributed by atoms with Crippen molar-refractivity contribution in [2.45, 2.75) is 6.42 Å². The lowest BCUT2D eigenvalue weighted by atomic mass is 10.1. The maximum atomic E-state index is 13.0. The number of hydrogen-bond donors (Lipinski definition) is 1. The normalized spacial score (nSPS) is 14.8. The third-order valence-electron chi connectivity index (χ3n) is 4.67. The smallest absolute Gasteiger partial charge is 0.406 e. The molecule has 1 N–H and O–H groups in total. The Bertz CT molecular complexity index is 985. The van der Waals surface area contributed by atoms with Crippen LogP contribution in [0, 0.1) is 5.82 Å². The van der Waals surface area contributed by atoms with Crippen LogP contribution in [0.5, 0.6) is 0 Å². The predicted octanol–water partition coefficient (Wildman–Crippen LogP) is 2.15. The number of piperazine rings is 1. The Morgan fingerprint density at radius 3 is 2.54 bits per heavy atom. The highest BCUT2D eigenvalue weighted by Gasteiger charge is 2.23. The quantitative estimate of drug-likeness (QED) is 0.782. The summed E-state index contributed by atoms with van der Waals surface area (Å²) in [6.07, 6.45) is 0.266. The Hall–Kier alpha value is -3.09. The Kier molecular flexibility index (Phi) is 4.20. The predicted molar refractivity (Wildman–Crippen MR) is 95.7 cm³/mol. The Labute approximate surface area is 148 Å². The molecule has 0 bridgehead atoms. The highest BCUT2D eigenvalue weighted by atomic mass is 19.1. The zero-order valence-electron chi connectivity index (χ0n) is 14.1. The minimum absolute atomic E-state index is 0.0302. The van der Waals surface area contributed by atoms with Gasteiger partial charge in [-0.15, -0.1) is 0 Å². The van der Waals surface area contributed by atoms with Crippen LogP contribution in [0.2, 0.25) is 0 Å². The average molecular weight is 355 g/mol. The molecule has 1 aromatic heterocycles. The molecule has 2 aromatic carbocycles. The van der Waals surface area contributed by atoms with Crippen molar-refractivity contribution in [3.05, 3.63) is 64.4 Å². The van der Waals surface area contributed by atoms with Gasteiger partial charge in [0.05, 0.1) is 17.6 Å². The zero-order chi connectivity index (χ0) is 18.1. The van der Waals surface area contributed by atoms with E-state index in [1.54, 1.807) is 18.2 Å². The maximum absolute atomic E-state index is 13.0. The van der Waals surface area contributed by atoms with Gasteiger partial charge in [-0.2, -0.15) is 0 Å². The van der Waals surface area contributed by atoms with Gasteiger partial charge in [0.2, 0.25) is 5.91 Å². The lowest BCUT2D eigenvalue weighted by Crippen LogP contribution is -2.49. The lowest BCUT2D eigenvalue weighted by Gasteiger charge is -2.36. The first kappa shape index (κ1) is 16.4. The van der Waals surface area contributed by atoms with E-state index in [1.165, 1.54) is 12.1 Å². The van der Waals surface area contributed by atoms with Crippen LogP contribution in [0.25, 0.3) is 11.1 Å². The molecule has 134 valence electrons. The largest absolute Gasteiger partial charge is 0.417 e. The number of para-hydroxylation sites is 1. The fourth-order valence-electron chi connectivity index (χ4n) is 3.29. The van der Waals surface area contributed by atoms with Gasteiger partial charge < -0.3 is 14.2 Å². The fourth-order valence-corrected chi connectivity index (χ4v) is 3.29. The highest BCUT2D eigenvalue weighted by molar-refractivity contribution is 5.86. The molecule has 4 rings (SSSR count). The number of aromatic nitrogens is 1. The summed E-state index contributed by atoms with van der Waals surface area (Å²) in [6.45, 7) is 2.49. The first-order chi connectivity index (χ1) is 12.6. The number of carbonyl (C=O) groups excluding carboxylic acids is 1. The number of fused-ring (bicyclic) bond motifs is 1. The molecular weight excluding hydrogens is 337 g/mol. The van der Waals surface area contributed by atoms with Crippen LogP contribution in [0.15, 0.2) is 51.7 Å². The summed E-state index contributed by atoms with van der Waals surface area (Å²) in [5.41, 5.74) is 2.87. The van der Waals surface area contributed by atoms with E-state index in [-0.39, 0.29) is 18.1 Å². The summed E-state index contributed by atoms with van der Waals surface area (Å²) in [6, 6.07) is 11.6. The number of rotatable bonds is 3. The second-order valence-electron chi connectivity index (χ2n) is 6.34. The zero-order valence-corrected chi connectivity index (χ0v) is 14.1. The van der Waals surface area contributed by atoms with Gasteiger partial charge >= 0.3 is 5.76 Å². The van der Waals surface area contributed by atoms with Crippen molar-refractivity contribution < 1.29 is 13.6 Å². The van der Waals surface area contributed by atoms with Gasteiger partial charge in [0, 0.05) is 26.2 Å². The van der Waals surface area contributed by atoms with Crippen LogP contribution in [0.3, 0.4) is 0 Å². The van der Waals surface area contributed by atoms with E-state index in [9.17, 15) is 14.0 Å². The number of H-pyrrole nitrogens is 1. The summed E-state index contributed by atoms with van der Waals surface area (Å²) in [5.74, 6) is -0.747. The number of halogens is 1. The summed E-state index contributed by atoms with van der Waals surface area (Å²) in [7, 11) is 0. The van der Waals surface area contributed by atoms with Crippen LogP contribution in [0.4, 0.5) is 10.1 Å². The molecule has 2 heterocycles. The molecule has 1 aliphatic heterocycles. The van der Waals surface area contributed by atoms with Gasteiger partial charge in [-0.1, -0.05) is 18.2 Å². The van der Waals surface area contributed by atoms with E-state index >= 15 is 0 Å².